The number of allylic oxidation sites excluding steroid dienone is 1. The highest BCUT2D eigenvalue weighted by Crippen LogP contribution is 2.20. The average Bonchev–Trinajstić information content (AvgIpc) is 2.86. The van der Waals surface area contributed by atoms with Crippen LogP contribution in [0.1, 0.15) is 27.3 Å². The zero-order chi connectivity index (χ0) is 17.0. The van der Waals surface area contributed by atoms with Crippen molar-refractivity contribution in [2.24, 2.45) is 7.05 Å². The molecule has 0 saturated carbocycles. The number of rotatable bonds is 4. The lowest BCUT2D eigenvalue weighted by molar-refractivity contribution is 0.103. The lowest BCUT2D eigenvalue weighted by atomic mass is 10.0. The maximum atomic E-state index is 12.5. The number of nitriles is 2. The fraction of sp³-hybridized carbons (Fsp3) is 0.167. The summed E-state index contributed by atoms with van der Waals surface area (Å²) in [4.78, 5) is 12.5. The van der Waals surface area contributed by atoms with Crippen molar-refractivity contribution in [3.05, 3.63) is 58.4 Å². The molecule has 1 heterocycles. The number of carbonyl (C=O) groups is 1. The molecular formula is C18H15N3O2. The largest absolute Gasteiger partial charge is 0.497 e. The summed E-state index contributed by atoms with van der Waals surface area (Å²) in [5.41, 5.74) is 2.35. The fourth-order valence-electron chi connectivity index (χ4n) is 2.20. The lowest BCUT2D eigenvalue weighted by Crippen LogP contribution is -2.02. The van der Waals surface area contributed by atoms with Gasteiger partial charge in [0, 0.05) is 18.3 Å². The molecule has 114 valence electrons. The van der Waals surface area contributed by atoms with Gasteiger partial charge in [-0.2, -0.15) is 10.5 Å². The first-order valence-corrected chi connectivity index (χ1v) is 6.88. The van der Waals surface area contributed by atoms with Gasteiger partial charge in [-0.15, -0.1) is 0 Å². The molecule has 1 aromatic carbocycles. The molecule has 0 bridgehead atoms. The molecule has 0 N–H and O–H groups in total. The van der Waals surface area contributed by atoms with Gasteiger partial charge >= 0.3 is 0 Å². The Morgan fingerprint density at radius 2 is 2.04 bits per heavy atom. The summed E-state index contributed by atoms with van der Waals surface area (Å²) in [5, 5.41) is 18.4. The number of ketones is 1. The molecule has 0 saturated heterocycles. The van der Waals surface area contributed by atoms with E-state index in [2.05, 4.69) is 6.07 Å². The second kappa shape index (κ2) is 6.64. The van der Waals surface area contributed by atoms with Crippen LogP contribution in [0.15, 0.2) is 35.9 Å². The zero-order valence-corrected chi connectivity index (χ0v) is 13.1. The third-order valence-electron chi connectivity index (χ3n) is 3.69. The van der Waals surface area contributed by atoms with Crippen LogP contribution in [0.3, 0.4) is 0 Å². The predicted molar refractivity (Wildman–Crippen MR) is 85.8 cm³/mol. The van der Waals surface area contributed by atoms with Gasteiger partial charge in [-0.05, 0) is 36.8 Å². The first kappa shape index (κ1) is 16.1. The molecule has 0 unspecified atom stereocenters. The third-order valence-corrected chi connectivity index (χ3v) is 3.69. The van der Waals surface area contributed by atoms with E-state index < -0.39 is 0 Å². The van der Waals surface area contributed by atoms with Crippen LogP contribution in [0.2, 0.25) is 0 Å². The maximum absolute atomic E-state index is 12.5. The van der Waals surface area contributed by atoms with Gasteiger partial charge in [0.1, 0.15) is 29.2 Å². The van der Waals surface area contributed by atoms with E-state index in [0.717, 1.165) is 5.69 Å². The zero-order valence-electron chi connectivity index (χ0n) is 13.1. The molecule has 0 aliphatic heterocycles. The quantitative estimate of drug-likeness (QED) is 0.494. The van der Waals surface area contributed by atoms with E-state index in [1.807, 2.05) is 13.0 Å². The van der Waals surface area contributed by atoms with Gasteiger partial charge in [-0.1, -0.05) is 12.1 Å². The molecule has 5 heteroatoms. The van der Waals surface area contributed by atoms with Gasteiger partial charge in [-0.25, -0.2) is 0 Å². The van der Waals surface area contributed by atoms with Gasteiger partial charge < -0.3 is 9.30 Å². The van der Waals surface area contributed by atoms with E-state index >= 15 is 0 Å². The molecule has 0 atom stereocenters. The Bertz CT molecular complexity index is 877. The van der Waals surface area contributed by atoms with E-state index in [-0.39, 0.29) is 11.4 Å². The Morgan fingerprint density at radius 3 is 2.61 bits per heavy atom. The number of nitrogens with zero attached hydrogens (tertiary/aromatic N) is 3. The van der Waals surface area contributed by atoms with E-state index in [1.54, 1.807) is 41.9 Å². The Balaban J connectivity index is 2.45. The molecule has 0 spiro atoms. The molecule has 0 aliphatic rings. The maximum Gasteiger partial charge on any atom is 0.203 e. The van der Waals surface area contributed by atoms with Crippen LogP contribution in [-0.4, -0.2) is 17.5 Å². The van der Waals surface area contributed by atoms with Crippen LogP contribution < -0.4 is 4.74 Å². The van der Waals surface area contributed by atoms with Gasteiger partial charge in [0.25, 0.3) is 0 Å². The predicted octanol–water partition coefficient (Wildman–Crippen LogP) is 3.00. The molecule has 1 aromatic heterocycles. The average molecular weight is 305 g/mol. The van der Waals surface area contributed by atoms with Gasteiger partial charge in [0.05, 0.1) is 7.11 Å². The van der Waals surface area contributed by atoms with Crippen LogP contribution in [0.4, 0.5) is 0 Å². The Morgan fingerprint density at radius 1 is 1.30 bits per heavy atom. The summed E-state index contributed by atoms with van der Waals surface area (Å²) in [6.45, 7) is 1.83. The number of hydrogen-bond donors (Lipinski definition) is 0. The standard InChI is InChI=1S/C18H15N3O2/c1-12-14(8-16(11-20)21(12)2)7-15(10-19)18(22)13-5-4-6-17(9-13)23-3/h4-9H,1-3H3/b15-7+. The Hall–Kier alpha value is -3.31. The van der Waals surface area contributed by atoms with Crippen LogP contribution in [0, 0.1) is 29.6 Å². The number of Topliss-reactive ketones (excluding diaryl/α,β-unsaturated/α-hetero) is 1. The number of hydrogen-bond acceptors (Lipinski definition) is 4. The van der Waals surface area contributed by atoms with E-state index in [0.29, 0.717) is 22.6 Å². The third kappa shape index (κ3) is 3.14. The smallest absolute Gasteiger partial charge is 0.203 e. The van der Waals surface area contributed by atoms with Crippen LogP contribution in [0.5, 0.6) is 5.75 Å². The van der Waals surface area contributed by atoms with Crippen molar-refractivity contribution in [2.45, 2.75) is 6.92 Å². The first-order chi connectivity index (χ1) is 11.0. The van der Waals surface area contributed by atoms with Crippen LogP contribution >= 0.6 is 0 Å². The van der Waals surface area contributed by atoms with Gasteiger partial charge in [-0.3, -0.25) is 4.79 Å². The highest BCUT2D eigenvalue weighted by atomic mass is 16.5. The highest BCUT2D eigenvalue weighted by Gasteiger charge is 2.15. The van der Waals surface area contributed by atoms with Crippen LogP contribution in [-0.2, 0) is 7.05 Å². The number of ether oxygens (including phenoxy) is 1. The summed E-state index contributed by atoms with van der Waals surface area (Å²) in [6.07, 6.45) is 1.51. The van der Waals surface area contributed by atoms with Crippen molar-refractivity contribution in [1.29, 1.82) is 10.5 Å². The monoisotopic (exact) mass is 305 g/mol. The van der Waals surface area contributed by atoms with Gasteiger partial charge in [0.15, 0.2) is 0 Å². The molecule has 2 rings (SSSR count). The molecule has 0 radical (unpaired) electrons. The Kier molecular flexibility index (Phi) is 4.64. The molecule has 0 fully saturated rings. The topological polar surface area (TPSA) is 78.8 Å². The SMILES string of the molecule is COc1cccc(C(=O)/C(C#N)=C/c2cc(C#N)n(C)c2C)c1. The van der Waals surface area contributed by atoms with Crippen molar-refractivity contribution in [1.82, 2.24) is 4.57 Å². The molecule has 5 nitrogen and oxygen atoms in total. The normalized spacial score (nSPS) is 10.7. The van der Waals surface area contributed by atoms with Crippen molar-refractivity contribution in [3.8, 4) is 17.9 Å². The van der Waals surface area contributed by atoms with Crippen LogP contribution in [0.25, 0.3) is 6.08 Å². The minimum atomic E-state index is -0.381. The van der Waals surface area contributed by atoms with Crippen molar-refractivity contribution >= 4 is 11.9 Å². The summed E-state index contributed by atoms with van der Waals surface area (Å²) < 4.78 is 6.81. The Labute approximate surface area is 134 Å². The van der Waals surface area contributed by atoms with Crippen molar-refractivity contribution < 1.29 is 9.53 Å². The minimum Gasteiger partial charge on any atom is -0.497 e. The van der Waals surface area contributed by atoms with E-state index in [9.17, 15) is 10.1 Å². The number of methoxy groups -OCH3 is 1. The fourth-order valence-corrected chi connectivity index (χ4v) is 2.20. The highest BCUT2D eigenvalue weighted by molar-refractivity contribution is 6.14. The molecular weight excluding hydrogens is 290 g/mol. The first-order valence-electron chi connectivity index (χ1n) is 6.88. The summed E-state index contributed by atoms with van der Waals surface area (Å²) >= 11 is 0. The van der Waals surface area contributed by atoms with Crippen molar-refractivity contribution in [3.63, 3.8) is 0 Å². The second-order valence-electron chi connectivity index (χ2n) is 4.97. The molecule has 0 aliphatic carbocycles. The summed E-state index contributed by atoms with van der Waals surface area (Å²) in [6, 6.07) is 12.3. The van der Waals surface area contributed by atoms with E-state index in [4.69, 9.17) is 10.00 Å². The van der Waals surface area contributed by atoms with E-state index in [1.165, 1.54) is 13.2 Å². The molecule has 23 heavy (non-hydrogen) atoms. The lowest BCUT2D eigenvalue weighted by Gasteiger charge is -2.03. The summed E-state index contributed by atoms with van der Waals surface area (Å²) in [5.74, 6) is 0.170. The van der Waals surface area contributed by atoms with Crippen molar-refractivity contribution in [2.75, 3.05) is 7.11 Å². The summed E-state index contributed by atoms with van der Waals surface area (Å²) in [7, 11) is 3.28. The second-order valence-corrected chi connectivity index (χ2v) is 4.97. The molecule has 2 aromatic rings. The number of carbonyl (C=O) groups excluding carboxylic acids is 1. The molecule has 0 amide bonds. The van der Waals surface area contributed by atoms with Gasteiger partial charge in [0.2, 0.25) is 5.78 Å². The number of aromatic nitrogens is 1. The number of benzene rings is 1. The minimum absolute atomic E-state index is 0.0106.